The van der Waals surface area contributed by atoms with Crippen molar-refractivity contribution in [2.45, 2.75) is 12.8 Å². The molecule has 6 nitrogen and oxygen atoms in total. The summed E-state index contributed by atoms with van der Waals surface area (Å²) in [6.45, 7) is 3.44. The third-order valence-corrected chi connectivity index (χ3v) is 6.35. The molecule has 30 heavy (non-hydrogen) atoms. The van der Waals surface area contributed by atoms with Crippen LogP contribution in [-0.2, 0) is 16.0 Å². The molecule has 0 aromatic heterocycles. The van der Waals surface area contributed by atoms with Crippen molar-refractivity contribution in [1.82, 2.24) is 10.0 Å². The van der Waals surface area contributed by atoms with Gasteiger partial charge < -0.3 is 9.84 Å². The Kier molecular flexibility index (Phi) is 6.29. The van der Waals surface area contributed by atoms with Crippen molar-refractivity contribution in [1.29, 1.82) is 0 Å². The van der Waals surface area contributed by atoms with Crippen LogP contribution in [0.25, 0.3) is 11.1 Å². The number of benzene rings is 2. The van der Waals surface area contributed by atoms with Crippen molar-refractivity contribution < 1.29 is 19.4 Å². The molecule has 2 saturated heterocycles. The molecule has 1 atom stereocenters. The van der Waals surface area contributed by atoms with E-state index in [1.807, 2.05) is 17.1 Å². The Morgan fingerprint density at radius 3 is 2.27 bits per heavy atom. The quantitative estimate of drug-likeness (QED) is 0.748. The second-order valence-corrected chi connectivity index (χ2v) is 8.33. The molecule has 1 amide bonds. The minimum Gasteiger partial charge on any atom is -0.478 e. The van der Waals surface area contributed by atoms with Gasteiger partial charge in [0.05, 0.1) is 18.8 Å². The number of aromatic carboxylic acids is 1. The number of carbonyl (C=O) groups excluding carboxylic acids is 1. The topological polar surface area (TPSA) is 70.1 Å². The normalized spacial score (nSPS) is 20.0. The van der Waals surface area contributed by atoms with Crippen molar-refractivity contribution >= 4 is 35.1 Å². The highest BCUT2D eigenvalue weighted by Gasteiger charge is 2.36. The summed E-state index contributed by atoms with van der Waals surface area (Å²) in [5.74, 6) is -1.01. The molecule has 2 aliphatic heterocycles. The van der Waals surface area contributed by atoms with E-state index in [1.54, 1.807) is 24.3 Å². The van der Waals surface area contributed by atoms with Gasteiger partial charge in [0.2, 0.25) is 5.91 Å². The molecule has 158 valence electrons. The first kappa shape index (κ1) is 21.1. The van der Waals surface area contributed by atoms with Crippen molar-refractivity contribution in [3.8, 4) is 11.1 Å². The molecule has 0 aliphatic carbocycles. The summed E-state index contributed by atoms with van der Waals surface area (Å²) in [7, 11) is 0. The summed E-state index contributed by atoms with van der Waals surface area (Å²) in [4.78, 5) is 24.0. The summed E-state index contributed by atoms with van der Waals surface area (Å²) < 4.78 is 5.37. The molecule has 2 fully saturated rings. The molecule has 0 bridgehead atoms. The number of hydrogen-bond acceptors (Lipinski definition) is 4. The lowest BCUT2D eigenvalue weighted by Crippen LogP contribution is -2.49. The lowest BCUT2D eigenvalue weighted by molar-refractivity contribution is -0.153. The molecule has 8 heteroatoms. The van der Waals surface area contributed by atoms with Crippen molar-refractivity contribution in [2.24, 2.45) is 5.92 Å². The minimum atomic E-state index is -0.972. The van der Waals surface area contributed by atoms with Gasteiger partial charge in [0.15, 0.2) is 0 Å². The molecule has 0 saturated carbocycles. The largest absolute Gasteiger partial charge is 0.478 e. The third kappa shape index (κ3) is 4.32. The number of carbonyl (C=O) groups is 2. The highest BCUT2D eigenvalue weighted by atomic mass is 35.5. The summed E-state index contributed by atoms with van der Waals surface area (Å²) >= 11 is 13.1. The number of amides is 1. The van der Waals surface area contributed by atoms with E-state index in [-0.39, 0.29) is 17.4 Å². The van der Waals surface area contributed by atoms with Crippen LogP contribution in [0.15, 0.2) is 36.4 Å². The number of rotatable bonds is 5. The van der Waals surface area contributed by atoms with Crippen LogP contribution in [0.5, 0.6) is 0 Å². The fraction of sp³-hybridized carbons (Fsp3) is 0.364. The van der Waals surface area contributed by atoms with Gasteiger partial charge in [-0.2, -0.15) is 0 Å². The maximum Gasteiger partial charge on any atom is 0.335 e. The predicted molar refractivity (Wildman–Crippen MR) is 115 cm³/mol. The summed E-state index contributed by atoms with van der Waals surface area (Å²) in [5.41, 5.74) is 2.62. The number of carboxylic acid groups (broad SMARTS) is 1. The van der Waals surface area contributed by atoms with Crippen molar-refractivity contribution in [3.05, 3.63) is 57.6 Å². The van der Waals surface area contributed by atoms with Gasteiger partial charge in [-0.15, -0.1) is 0 Å². The van der Waals surface area contributed by atoms with Crippen molar-refractivity contribution in [2.75, 3.05) is 32.8 Å². The Labute approximate surface area is 184 Å². The second-order valence-electron chi connectivity index (χ2n) is 7.52. The highest BCUT2D eigenvalue weighted by Crippen LogP contribution is 2.35. The predicted octanol–water partition coefficient (Wildman–Crippen LogP) is 4.00. The lowest BCUT2D eigenvalue weighted by atomic mass is 9.95. The van der Waals surface area contributed by atoms with E-state index in [2.05, 4.69) is 5.01 Å². The maximum absolute atomic E-state index is 12.9. The van der Waals surface area contributed by atoms with Crippen LogP contribution in [0, 0.1) is 5.92 Å². The molecule has 2 aliphatic rings. The first-order valence-corrected chi connectivity index (χ1v) is 10.7. The van der Waals surface area contributed by atoms with Crippen LogP contribution >= 0.6 is 23.2 Å². The zero-order valence-electron chi connectivity index (χ0n) is 16.3. The Bertz CT molecular complexity index is 935. The average Bonchev–Trinajstić information content (AvgIpc) is 3.11. The van der Waals surface area contributed by atoms with Crippen molar-refractivity contribution in [3.63, 3.8) is 0 Å². The van der Waals surface area contributed by atoms with Crippen LogP contribution in [0.2, 0.25) is 10.0 Å². The van der Waals surface area contributed by atoms with E-state index in [4.69, 9.17) is 33.0 Å². The van der Waals surface area contributed by atoms with Gasteiger partial charge in [-0.3, -0.25) is 9.80 Å². The number of hydrogen-bond donors (Lipinski definition) is 1. The van der Waals surface area contributed by atoms with Gasteiger partial charge >= 0.3 is 5.97 Å². The first-order valence-electron chi connectivity index (χ1n) is 9.89. The Morgan fingerprint density at radius 1 is 1.03 bits per heavy atom. The molecule has 0 radical (unpaired) electrons. The van der Waals surface area contributed by atoms with Gasteiger partial charge in [-0.25, -0.2) is 9.80 Å². The molecular formula is C22H22Cl2N2O4. The highest BCUT2D eigenvalue weighted by molar-refractivity contribution is 6.36. The molecule has 2 aromatic rings. The fourth-order valence-electron chi connectivity index (χ4n) is 4.00. The van der Waals surface area contributed by atoms with Crippen LogP contribution in [0.4, 0.5) is 0 Å². The fourth-order valence-corrected chi connectivity index (χ4v) is 4.65. The zero-order chi connectivity index (χ0) is 21.3. The standard InChI is InChI=1S/C22H22Cl2N2O4/c23-19-12-17(14-1-3-15(4-2-14)22(28)29)13-20(24)18(19)11-16-5-6-26(21(16)27)25-7-9-30-10-8-25/h1-4,12-13,16H,5-11H2,(H,28,29)/t16-/m0/s1. The number of morpholine rings is 1. The molecular weight excluding hydrogens is 427 g/mol. The van der Waals surface area contributed by atoms with Gasteiger partial charge in [0, 0.05) is 35.6 Å². The van der Waals surface area contributed by atoms with Gasteiger partial charge in [0.25, 0.3) is 0 Å². The molecule has 0 spiro atoms. The number of ether oxygens (including phenoxy) is 1. The van der Waals surface area contributed by atoms with E-state index in [0.717, 1.165) is 36.2 Å². The summed E-state index contributed by atoms with van der Waals surface area (Å²) in [6, 6.07) is 10.2. The molecule has 1 N–H and O–H groups in total. The maximum atomic E-state index is 12.9. The lowest BCUT2D eigenvalue weighted by Gasteiger charge is -2.34. The number of halogens is 2. The Hall–Kier alpha value is -2.12. The Morgan fingerprint density at radius 2 is 1.67 bits per heavy atom. The number of nitrogens with zero attached hydrogens (tertiary/aromatic N) is 2. The van der Waals surface area contributed by atoms with Crippen LogP contribution < -0.4 is 0 Å². The molecule has 4 rings (SSSR count). The van der Waals surface area contributed by atoms with E-state index in [9.17, 15) is 9.59 Å². The van der Waals surface area contributed by atoms with E-state index < -0.39 is 5.97 Å². The summed E-state index contributed by atoms with van der Waals surface area (Å²) in [5, 5.41) is 14.0. The Balaban J connectivity index is 1.50. The van der Waals surface area contributed by atoms with Gasteiger partial charge in [-0.05, 0) is 53.8 Å². The van der Waals surface area contributed by atoms with Crippen LogP contribution in [-0.4, -0.2) is 59.8 Å². The van der Waals surface area contributed by atoms with E-state index in [1.165, 1.54) is 0 Å². The zero-order valence-corrected chi connectivity index (χ0v) is 17.8. The molecule has 0 unspecified atom stereocenters. The minimum absolute atomic E-state index is 0.109. The second kappa shape index (κ2) is 8.94. The smallest absolute Gasteiger partial charge is 0.335 e. The SMILES string of the molecule is O=C(O)c1ccc(-c2cc(Cl)c(C[C@@H]3CCN(N4CCOCC4)C3=O)c(Cl)c2)cc1. The molecule has 2 aromatic carbocycles. The third-order valence-electron chi connectivity index (χ3n) is 5.68. The van der Waals surface area contributed by atoms with Crippen LogP contribution in [0.3, 0.4) is 0 Å². The number of carboxylic acids is 1. The number of hydrazine groups is 1. The average molecular weight is 449 g/mol. The first-order chi connectivity index (χ1) is 14.4. The van der Waals surface area contributed by atoms with E-state index in [0.29, 0.717) is 36.2 Å². The van der Waals surface area contributed by atoms with E-state index >= 15 is 0 Å². The monoisotopic (exact) mass is 448 g/mol. The van der Waals surface area contributed by atoms with Gasteiger partial charge in [0.1, 0.15) is 0 Å². The summed E-state index contributed by atoms with van der Waals surface area (Å²) in [6.07, 6.45) is 1.26. The molecule has 2 heterocycles. The van der Waals surface area contributed by atoms with Gasteiger partial charge in [-0.1, -0.05) is 35.3 Å². The van der Waals surface area contributed by atoms with Crippen LogP contribution in [0.1, 0.15) is 22.3 Å².